The van der Waals surface area contributed by atoms with Crippen molar-refractivity contribution in [1.29, 1.82) is 0 Å². The second-order valence-electron chi connectivity index (χ2n) is 7.57. The van der Waals surface area contributed by atoms with Crippen molar-refractivity contribution in [3.8, 4) is 0 Å². The molecule has 6 heteroatoms. The van der Waals surface area contributed by atoms with E-state index in [-0.39, 0.29) is 18.4 Å². The summed E-state index contributed by atoms with van der Waals surface area (Å²) >= 11 is 0. The van der Waals surface area contributed by atoms with Gasteiger partial charge in [-0.15, -0.1) is 0 Å². The first kappa shape index (κ1) is 21.0. The van der Waals surface area contributed by atoms with Gasteiger partial charge in [0.1, 0.15) is 32.2 Å². The molecule has 2 aromatic rings. The van der Waals surface area contributed by atoms with Gasteiger partial charge in [-0.3, -0.25) is 9.59 Å². The Bertz CT molecular complexity index is 734. The van der Waals surface area contributed by atoms with Crippen LogP contribution in [0, 0.1) is 0 Å². The standard InChI is InChI=1S/C23H30N4O2/c1-2-24-21(28)17-25-22(29)18-26-13-15-27(16-14-26)23(19-9-5-3-6-10-19)20-11-7-4-8-12-20/h3-12,23H,2,13-18H2,1H3,(H,24,28)(H,25,29)/p+2. The first-order valence-electron chi connectivity index (χ1n) is 10.5. The van der Waals surface area contributed by atoms with Gasteiger partial charge in [-0.1, -0.05) is 60.7 Å². The van der Waals surface area contributed by atoms with Gasteiger partial charge in [-0.2, -0.15) is 0 Å². The third-order valence-corrected chi connectivity index (χ3v) is 5.50. The molecule has 6 nitrogen and oxygen atoms in total. The summed E-state index contributed by atoms with van der Waals surface area (Å²) in [5, 5.41) is 5.41. The Morgan fingerprint density at radius 3 is 1.90 bits per heavy atom. The van der Waals surface area contributed by atoms with Crippen molar-refractivity contribution in [2.45, 2.75) is 13.0 Å². The molecule has 29 heavy (non-hydrogen) atoms. The molecule has 0 bridgehead atoms. The zero-order chi connectivity index (χ0) is 20.5. The van der Waals surface area contributed by atoms with Crippen LogP contribution >= 0.6 is 0 Å². The quantitative estimate of drug-likeness (QED) is 0.454. The second-order valence-corrected chi connectivity index (χ2v) is 7.57. The van der Waals surface area contributed by atoms with Gasteiger partial charge >= 0.3 is 0 Å². The molecule has 1 fully saturated rings. The molecule has 0 spiro atoms. The third kappa shape index (κ3) is 6.14. The number of rotatable bonds is 8. The Hall–Kier alpha value is -2.70. The van der Waals surface area contributed by atoms with E-state index >= 15 is 0 Å². The smallest absolute Gasteiger partial charge is 0.275 e. The summed E-state index contributed by atoms with van der Waals surface area (Å²) in [4.78, 5) is 26.5. The summed E-state index contributed by atoms with van der Waals surface area (Å²) in [5.74, 6) is -0.198. The first-order chi connectivity index (χ1) is 14.2. The van der Waals surface area contributed by atoms with Crippen LogP contribution in [0.1, 0.15) is 24.1 Å². The van der Waals surface area contributed by atoms with Crippen molar-refractivity contribution < 1.29 is 19.4 Å². The minimum Gasteiger partial charge on any atom is -0.355 e. The maximum Gasteiger partial charge on any atom is 0.275 e. The Morgan fingerprint density at radius 1 is 0.828 bits per heavy atom. The summed E-state index contributed by atoms with van der Waals surface area (Å²) in [6, 6.07) is 21.7. The van der Waals surface area contributed by atoms with Crippen LogP contribution in [0.25, 0.3) is 0 Å². The average molecular weight is 397 g/mol. The number of benzene rings is 2. The Balaban J connectivity index is 1.56. The van der Waals surface area contributed by atoms with Gasteiger partial charge in [-0.25, -0.2) is 0 Å². The molecule has 154 valence electrons. The lowest BCUT2D eigenvalue weighted by Crippen LogP contribution is -3.28. The van der Waals surface area contributed by atoms with Gasteiger partial charge in [0.25, 0.3) is 5.91 Å². The van der Waals surface area contributed by atoms with Gasteiger partial charge in [0.2, 0.25) is 5.91 Å². The van der Waals surface area contributed by atoms with Crippen LogP contribution in [-0.2, 0) is 9.59 Å². The topological polar surface area (TPSA) is 67.1 Å². The number of hydrogen-bond acceptors (Lipinski definition) is 2. The molecular weight excluding hydrogens is 364 g/mol. The SMILES string of the molecule is CCNC(=O)CNC(=O)C[NH+]1CC[NH+](C(c2ccccc2)c2ccccc2)CC1. The number of hydrogen-bond donors (Lipinski definition) is 4. The fourth-order valence-corrected chi connectivity index (χ4v) is 4.07. The van der Waals surface area contributed by atoms with Crippen molar-refractivity contribution >= 4 is 11.8 Å². The molecule has 4 N–H and O–H groups in total. The van der Waals surface area contributed by atoms with E-state index in [4.69, 9.17) is 0 Å². The van der Waals surface area contributed by atoms with Gasteiger partial charge < -0.3 is 20.4 Å². The van der Waals surface area contributed by atoms with E-state index in [0.717, 1.165) is 26.2 Å². The second kappa shape index (κ2) is 10.7. The minimum atomic E-state index is -0.140. The molecule has 1 heterocycles. The lowest BCUT2D eigenvalue weighted by Gasteiger charge is -2.34. The van der Waals surface area contributed by atoms with Gasteiger partial charge in [0.05, 0.1) is 6.54 Å². The van der Waals surface area contributed by atoms with Crippen LogP contribution in [-0.4, -0.2) is 57.6 Å². The molecular formula is C23H32N4O2+2. The number of likely N-dealkylation sites (N-methyl/N-ethyl adjacent to an activating group) is 1. The van der Waals surface area contributed by atoms with Crippen LogP contribution in [0.2, 0.25) is 0 Å². The van der Waals surface area contributed by atoms with Gasteiger partial charge in [0.15, 0.2) is 6.54 Å². The first-order valence-corrected chi connectivity index (χ1v) is 10.5. The number of amides is 2. The predicted octanol–water partition coefficient (Wildman–Crippen LogP) is -1.19. The summed E-state index contributed by atoms with van der Waals surface area (Å²) < 4.78 is 0. The van der Waals surface area contributed by atoms with E-state index in [1.165, 1.54) is 20.9 Å². The van der Waals surface area contributed by atoms with Crippen molar-refractivity contribution in [1.82, 2.24) is 10.6 Å². The lowest BCUT2D eigenvalue weighted by atomic mass is 9.96. The molecule has 0 saturated carbocycles. The highest BCUT2D eigenvalue weighted by atomic mass is 16.2. The maximum atomic E-state index is 12.2. The zero-order valence-electron chi connectivity index (χ0n) is 17.1. The Labute approximate surface area is 172 Å². The fraction of sp³-hybridized carbons (Fsp3) is 0.391. The molecule has 0 unspecified atom stereocenters. The fourth-order valence-electron chi connectivity index (χ4n) is 4.07. The van der Waals surface area contributed by atoms with Crippen LogP contribution in [0.5, 0.6) is 0 Å². The number of quaternary nitrogens is 2. The van der Waals surface area contributed by atoms with Crippen LogP contribution < -0.4 is 20.4 Å². The molecule has 2 aromatic carbocycles. The van der Waals surface area contributed by atoms with Crippen molar-refractivity contribution in [2.75, 3.05) is 45.8 Å². The average Bonchev–Trinajstić information content (AvgIpc) is 2.75. The molecule has 0 aliphatic carbocycles. The number of carbonyl (C=O) groups excluding carboxylic acids is 2. The van der Waals surface area contributed by atoms with Crippen LogP contribution in [0.15, 0.2) is 60.7 Å². The normalized spacial score (nSPS) is 19.0. The number of carbonyl (C=O) groups is 2. The molecule has 0 aromatic heterocycles. The van der Waals surface area contributed by atoms with Gasteiger partial charge in [0, 0.05) is 17.7 Å². The van der Waals surface area contributed by atoms with Crippen LogP contribution in [0.3, 0.4) is 0 Å². The largest absolute Gasteiger partial charge is 0.355 e. The monoisotopic (exact) mass is 396 g/mol. The number of piperazine rings is 1. The molecule has 0 radical (unpaired) electrons. The molecule has 1 aliphatic rings. The summed E-state index contributed by atoms with van der Waals surface area (Å²) in [6.07, 6.45) is 0. The lowest BCUT2D eigenvalue weighted by molar-refractivity contribution is -1.02. The van der Waals surface area contributed by atoms with E-state index in [1.807, 2.05) is 6.92 Å². The van der Waals surface area contributed by atoms with Crippen molar-refractivity contribution in [2.24, 2.45) is 0 Å². The Kier molecular flexibility index (Phi) is 7.78. The Morgan fingerprint density at radius 2 is 1.38 bits per heavy atom. The van der Waals surface area contributed by atoms with Gasteiger partial charge in [-0.05, 0) is 6.92 Å². The van der Waals surface area contributed by atoms with E-state index in [2.05, 4.69) is 71.3 Å². The highest BCUT2D eigenvalue weighted by Crippen LogP contribution is 2.18. The molecule has 2 amide bonds. The summed E-state index contributed by atoms with van der Waals surface area (Å²) in [6.45, 7) is 6.83. The molecule has 1 saturated heterocycles. The number of nitrogens with one attached hydrogen (secondary N) is 4. The third-order valence-electron chi connectivity index (χ3n) is 5.50. The highest BCUT2D eigenvalue weighted by molar-refractivity contribution is 5.84. The summed E-state index contributed by atoms with van der Waals surface area (Å²) in [7, 11) is 0. The maximum absolute atomic E-state index is 12.2. The van der Waals surface area contributed by atoms with Crippen LogP contribution in [0.4, 0.5) is 0 Å². The zero-order valence-corrected chi connectivity index (χ0v) is 17.1. The van der Waals surface area contributed by atoms with E-state index in [9.17, 15) is 9.59 Å². The van der Waals surface area contributed by atoms with E-state index < -0.39 is 0 Å². The van der Waals surface area contributed by atoms with E-state index in [0.29, 0.717) is 19.1 Å². The predicted molar refractivity (Wildman–Crippen MR) is 113 cm³/mol. The molecule has 0 atom stereocenters. The summed E-state index contributed by atoms with van der Waals surface area (Å²) in [5.41, 5.74) is 2.66. The molecule has 3 rings (SSSR count). The van der Waals surface area contributed by atoms with Crippen molar-refractivity contribution in [3.63, 3.8) is 0 Å². The highest BCUT2D eigenvalue weighted by Gasteiger charge is 2.32. The minimum absolute atomic E-state index is 0.0570. The molecule has 1 aliphatic heterocycles. The van der Waals surface area contributed by atoms with E-state index in [1.54, 1.807) is 0 Å². The van der Waals surface area contributed by atoms with Crippen molar-refractivity contribution in [3.05, 3.63) is 71.8 Å².